The summed E-state index contributed by atoms with van der Waals surface area (Å²) in [7, 11) is 3.08. The number of hydrogen-bond donors (Lipinski definition) is 1. The molecule has 0 aliphatic carbocycles. The molecule has 0 spiro atoms. The number of nitrogens with one attached hydrogen (secondary N) is 1. The summed E-state index contributed by atoms with van der Waals surface area (Å²) in [4.78, 5) is 11.6. The highest BCUT2D eigenvalue weighted by molar-refractivity contribution is 5.75. The van der Waals surface area contributed by atoms with E-state index < -0.39 is 0 Å². The maximum Gasteiger partial charge on any atom is 0.322 e. The van der Waals surface area contributed by atoms with Crippen LogP contribution in [-0.4, -0.2) is 32.3 Å². The van der Waals surface area contributed by atoms with E-state index >= 15 is 0 Å². The monoisotopic (exact) mass is 265 g/mol. The van der Waals surface area contributed by atoms with Crippen molar-refractivity contribution < 1.29 is 14.3 Å². The van der Waals surface area contributed by atoms with Crippen molar-refractivity contribution in [1.29, 1.82) is 0 Å². The number of carbonyl (C=O) groups is 1. The van der Waals surface area contributed by atoms with Crippen LogP contribution in [0, 0.1) is 0 Å². The number of hydrogen-bond acceptors (Lipinski definition) is 4. The standard InChI is InChI=1S/C15H23NO3/c1-5-13(15(17)19-4)16-11(2)14(18-3)12-9-7-6-8-10-12/h6-11,13-14,16H,5H2,1-4H3/t11-,13+,14-/m1/s1. The second kappa shape index (κ2) is 7.92. The molecule has 0 aromatic heterocycles. The lowest BCUT2D eigenvalue weighted by molar-refractivity contribution is -0.143. The van der Waals surface area contributed by atoms with Gasteiger partial charge in [-0.3, -0.25) is 10.1 Å². The van der Waals surface area contributed by atoms with E-state index in [1.165, 1.54) is 7.11 Å². The van der Waals surface area contributed by atoms with Gasteiger partial charge in [-0.15, -0.1) is 0 Å². The summed E-state index contributed by atoms with van der Waals surface area (Å²) in [5.74, 6) is -0.239. The molecule has 0 saturated carbocycles. The van der Waals surface area contributed by atoms with Crippen LogP contribution in [0.15, 0.2) is 30.3 Å². The SMILES string of the molecule is CC[C@H](N[C@H](C)[C@@H](OC)c1ccccc1)C(=O)OC. The summed E-state index contributed by atoms with van der Waals surface area (Å²) >= 11 is 0. The molecule has 0 unspecified atom stereocenters. The van der Waals surface area contributed by atoms with Crippen molar-refractivity contribution in [2.45, 2.75) is 38.5 Å². The molecule has 4 heteroatoms. The Morgan fingerprint density at radius 3 is 2.37 bits per heavy atom. The molecule has 1 aromatic carbocycles. The van der Waals surface area contributed by atoms with Crippen LogP contribution < -0.4 is 5.32 Å². The number of rotatable bonds is 7. The lowest BCUT2D eigenvalue weighted by Crippen LogP contribution is -2.45. The first-order valence-electron chi connectivity index (χ1n) is 6.55. The summed E-state index contributed by atoms with van der Waals surface area (Å²) in [6.45, 7) is 3.96. The predicted octanol–water partition coefficient (Wildman–Crippen LogP) is 2.30. The largest absolute Gasteiger partial charge is 0.468 e. The van der Waals surface area contributed by atoms with Gasteiger partial charge in [0.05, 0.1) is 13.2 Å². The van der Waals surface area contributed by atoms with Gasteiger partial charge in [0.25, 0.3) is 0 Å². The molecule has 0 aliphatic rings. The molecule has 0 aliphatic heterocycles. The number of carbonyl (C=O) groups excluding carboxylic acids is 1. The molecule has 1 N–H and O–H groups in total. The Labute approximate surface area is 115 Å². The minimum absolute atomic E-state index is 0.0106. The van der Waals surface area contributed by atoms with Gasteiger partial charge in [-0.25, -0.2) is 0 Å². The summed E-state index contributed by atoms with van der Waals surface area (Å²) < 4.78 is 10.3. The molecule has 0 saturated heterocycles. The zero-order valence-corrected chi connectivity index (χ0v) is 12.1. The Morgan fingerprint density at radius 1 is 1.26 bits per heavy atom. The highest BCUT2D eigenvalue weighted by atomic mass is 16.5. The van der Waals surface area contributed by atoms with E-state index in [2.05, 4.69) is 5.32 Å². The van der Waals surface area contributed by atoms with E-state index in [0.717, 1.165) is 5.56 Å². The van der Waals surface area contributed by atoms with E-state index in [0.29, 0.717) is 6.42 Å². The van der Waals surface area contributed by atoms with Gasteiger partial charge in [0, 0.05) is 13.2 Å². The Hall–Kier alpha value is -1.39. The molecule has 0 bridgehead atoms. The second-order valence-corrected chi connectivity index (χ2v) is 4.51. The van der Waals surface area contributed by atoms with Gasteiger partial charge in [-0.2, -0.15) is 0 Å². The molecule has 19 heavy (non-hydrogen) atoms. The summed E-state index contributed by atoms with van der Waals surface area (Å²) in [5.41, 5.74) is 1.09. The van der Waals surface area contributed by atoms with Crippen LogP contribution in [-0.2, 0) is 14.3 Å². The van der Waals surface area contributed by atoms with Crippen molar-refractivity contribution in [3.8, 4) is 0 Å². The molecule has 3 atom stereocenters. The van der Waals surface area contributed by atoms with E-state index in [-0.39, 0.29) is 24.2 Å². The quantitative estimate of drug-likeness (QED) is 0.769. The molecule has 0 heterocycles. The maximum absolute atomic E-state index is 11.6. The highest BCUT2D eigenvalue weighted by Crippen LogP contribution is 2.20. The van der Waals surface area contributed by atoms with Crippen LogP contribution in [0.5, 0.6) is 0 Å². The topological polar surface area (TPSA) is 47.6 Å². The Balaban J connectivity index is 2.74. The minimum atomic E-state index is -0.304. The van der Waals surface area contributed by atoms with Crippen LogP contribution in [0.25, 0.3) is 0 Å². The van der Waals surface area contributed by atoms with Gasteiger partial charge in [0.1, 0.15) is 6.04 Å². The Bertz CT molecular complexity index is 380. The van der Waals surface area contributed by atoms with Crippen molar-refractivity contribution >= 4 is 5.97 Å². The van der Waals surface area contributed by atoms with Crippen LogP contribution >= 0.6 is 0 Å². The second-order valence-electron chi connectivity index (χ2n) is 4.51. The van der Waals surface area contributed by atoms with Crippen molar-refractivity contribution in [2.75, 3.05) is 14.2 Å². The van der Waals surface area contributed by atoms with Crippen LogP contribution in [0.1, 0.15) is 31.9 Å². The Kier molecular flexibility index (Phi) is 6.53. The minimum Gasteiger partial charge on any atom is -0.468 e. The predicted molar refractivity (Wildman–Crippen MR) is 74.9 cm³/mol. The summed E-state index contributed by atoms with van der Waals surface area (Å²) in [5, 5.41) is 3.27. The van der Waals surface area contributed by atoms with Crippen molar-refractivity contribution in [1.82, 2.24) is 5.32 Å². The van der Waals surface area contributed by atoms with Gasteiger partial charge >= 0.3 is 5.97 Å². The first-order valence-corrected chi connectivity index (χ1v) is 6.55. The zero-order valence-electron chi connectivity index (χ0n) is 12.1. The van der Waals surface area contributed by atoms with Crippen LogP contribution in [0.3, 0.4) is 0 Å². The molecule has 1 aromatic rings. The summed E-state index contributed by atoms with van der Waals surface area (Å²) in [6, 6.07) is 9.67. The van der Waals surface area contributed by atoms with Crippen molar-refractivity contribution in [3.05, 3.63) is 35.9 Å². The van der Waals surface area contributed by atoms with Crippen LogP contribution in [0.4, 0.5) is 0 Å². The van der Waals surface area contributed by atoms with E-state index in [1.54, 1.807) is 7.11 Å². The lowest BCUT2D eigenvalue weighted by Gasteiger charge is -2.27. The van der Waals surface area contributed by atoms with Crippen LogP contribution in [0.2, 0.25) is 0 Å². The van der Waals surface area contributed by atoms with Gasteiger partial charge in [-0.05, 0) is 18.9 Å². The molecule has 4 nitrogen and oxygen atoms in total. The molecule has 0 fully saturated rings. The normalized spacial score (nSPS) is 15.6. The molecule has 106 valence electrons. The fourth-order valence-electron chi connectivity index (χ4n) is 2.17. The number of ether oxygens (including phenoxy) is 2. The smallest absolute Gasteiger partial charge is 0.322 e. The van der Waals surface area contributed by atoms with E-state index in [1.807, 2.05) is 44.2 Å². The molecular formula is C15H23NO3. The number of methoxy groups -OCH3 is 2. The Morgan fingerprint density at radius 2 is 1.89 bits per heavy atom. The third kappa shape index (κ3) is 4.33. The van der Waals surface area contributed by atoms with Crippen molar-refractivity contribution in [2.24, 2.45) is 0 Å². The average Bonchev–Trinajstić information content (AvgIpc) is 2.45. The van der Waals surface area contributed by atoms with Gasteiger partial charge in [-0.1, -0.05) is 37.3 Å². The lowest BCUT2D eigenvalue weighted by atomic mass is 10.0. The average molecular weight is 265 g/mol. The first kappa shape index (κ1) is 15.7. The fraction of sp³-hybridized carbons (Fsp3) is 0.533. The number of benzene rings is 1. The third-order valence-corrected chi connectivity index (χ3v) is 3.19. The highest BCUT2D eigenvalue weighted by Gasteiger charge is 2.24. The molecule has 0 radical (unpaired) electrons. The summed E-state index contributed by atoms with van der Waals surface area (Å²) in [6.07, 6.45) is 0.585. The first-order chi connectivity index (χ1) is 9.13. The number of esters is 1. The van der Waals surface area contributed by atoms with Gasteiger partial charge in [0.15, 0.2) is 0 Å². The van der Waals surface area contributed by atoms with E-state index in [9.17, 15) is 4.79 Å². The van der Waals surface area contributed by atoms with Crippen molar-refractivity contribution in [3.63, 3.8) is 0 Å². The van der Waals surface area contributed by atoms with Gasteiger partial charge in [0.2, 0.25) is 0 Å². The third-order valence-electron chi connectivity index (χ3n) is 3.19. The molecule has 1 rings (SSSR count). The molecule has 0 amide bonds. The maximum atomic E-state index is 11.6. The zero-order chi connectivity index (χ0) is 14.3. The molecular weight excluding hydrogens is 242 g/mol. The fourth-order valence-corrected chi connectivity index (χ4v) is 2.17. The van der Waals surface area contributed by atoms with E-state index in [4.69, 9.17) is 9.47 Å². The van der Waals surface area contributed by atoms with Gasteiger partial charge < -0.3 is 9.47 Å².